The average Bonchev–Trinajstić information content (AvgIpc) is 2.56. The summed E-state index contributed by atoms with van der Waals surface area (Å²) in [5.74, 6) is -0.183. The molecule has 3 N–H and O–H groups in total. The van der Waals surface area contributed by atoms with Gasteiger partial charge in [-0.15, -0.1) is 0 Å². The molecule has 0 spiro atoms. The lowest BCUT2D eigenvalue weighted by Gasteiger charge is -2.18. The Hall–Kier alpha value is -2.02. The van der Waals surface area contributed by atoms with Crippen LogP contribution in [-0.4, -0.2) is 48.4 Å². The molecular weight excluding hydrogens is 326 g/mol. The van der Waals surface area contributed by atoms with Crippen LogP contribution in [0.25, 0.3) is 0 Å². The fraction of sp³-hybridized carbons (Fsp3) is 0.471. The molecule has 0 aromatic heterocycles. The lowest BCUT2D eigenvalue weighted by atomic mass is 10.1. The normalized spacial score (nSPS) is 11.7. The molecule has 1 aromatic rings. The van der Waals surface area contributed by atoms with Gasteiger partial charge in [0.15, 0.2) is 0 Å². The molecule has 7 heteroatoms. The summed E-state index contributed by atoms with van der Waals surface area (Å²) in [5, 5.41) is 8.02. The third-order valence-corrected chi connectivity index (χ3v) is 3.79. The molecule has 132 valence electrons. The zero-order valence-corrected chi connectivity index (χ0v) is 15.1. The van der Waals surface area contributed by atoms with Crippen molar-refractivity contribution in [2.75, 3.05) is 18.6 Å². The lowest BCUT2D eigenvalue weighted by Crippen LogP contribution is -2.49. The number of hydrogen-bond donors (Lipinski definition) is 3. The van der Waals surface area contributed by atoms with Crippen molar-refractivity contribution in [2.45, 2.75) is 32.4 Å². The first-order valence-corrected chi connectivity index (χ1v) is 9.25. The highest BCUT2D eigenvalue weighted by atomic mass is 32.2. The molecule has 0 unspecified atom stereocenters. The van der Waals surface area contributed by atoms with Gasteiger partial charge in [0.2, 0.25) is 11.8 Å². The number of amides is 3. The fourth-order valence-electron chi connectivity index (χ4n) is 2.00. The Morgan fingerprint density at radius 3 is 2.33 bits per heavy atom. The smallest absolute Gasteiger partial charge is 0.251 e. The molecule has 0 radical (unpaired) electrons. The van der Waals surface area contributed by atoms with Crippen LogP contribution in [0, 0.1) is 0 Å². The summed E-state index contributed by atoms with van der Waals surface area (Å²) in [6.07, 6.45) is 2.43. The van der Waals surface area contributed by atoms with Crippen molar-refractivity contribution in [1.82, 2.24) is 16.0 Å². The van der Waals surface area contributed by atoms with E-state index in [-0.39, 0.29) is 30.3 Å². The van der Waals surface area contributed by atoms with Gasteiger partial charge < -0.3 is 16.0 Å². The van der Waals surface area contributed by atoms with E-state index < -0.39 is 6.04 Å². The van der Waals surface area contributed by atoms with Crippen LogP contribution < -0.4 is 16.0 Å². The third-order valence-electron chi connectivity index (χ3n) is 3.14. The minimum Gasteiger partial charge on any atom is -0.352 e. The molecule has 3 amide bonds. The zero-order valence-electron chi connectivity index (χ0n) is 14.3. The van der Waals surface area contributed by atoms with E-state index in [9.17, 15) is 14.4 Å². The van der Waals surface area contributed by atoms with Gasteiger partial charge in [-0.2, -0.15) is 11.8 Å². The fourth-order valence-corrected chi connectivity index (χ4v) is 2.47. The van der Waals surface area contributed by atoms with E-state index in [0.29, 0.717) is 12.0 Å². The third kappa shape index (κ3) is 7.50. The molecule has 0 saturated carbocycles. The van der Waals surface area contributed by atoms with E-state index in [4.69, 9.17) is 0 Å². The summed E-state index contributed by atoms with van der Waals surface area (Å²) in [4.78, 5) is 36.1. The standard InChI is InChI=1S/C17H25N3O3S/c1-12(2)19-15(21)11-18-17(23)14(9-10-24-3)20-16(22)13-7-5-4-6-8-13/h4-8,12,14H,9-11H2,1-3H3,(H,18,23)(H,19,21)(H,20,22)/t14-/m1/s1. The molecule has 1 rings (SSSR count). The number of benzene rings is 1. The second kappa shape index (κ2) is 10.7. The quantitative estimate of drug-likeness (QED) is 0.623. The van der Waals surface area contributed by atoms with Crippen molar-refractivity contribution in [3.63, 3.8) is 0 Å². The Balaban J connectivity index is 2.61. The Morgan fingerprint density at radius 2 is 1.75 bits per heavy atom. The lowest BCUT2D eigenvalue weighted by molar-refractivity contribution is -0.127. The largest absolute Gasteiger partial charge is 0.352 e. The Kier molecular flexibility index (Phi) is 8.93. The molecule has 0 aliphatic rings. The first-order chi connectivity index (χ1) is 11.4. The molecule has 0 saturated heterocycles. The van der Waals surface area contributed by atoms with E-state index in [2.05, 4.69) is 16.0 Å². The molecular formula is C17H25N3O3S. The second-order valence-corrected chi connectivity index (χ2v) is 6.60. The highest BCUT2D eigenvalue weighted by Gasteiger charge is 2.21. The topological polar surface area (TPSA) is 87.3 Å². The summed E-state index contributed by atoms with van der Waals surface area (Å²) < 4.78 is 0. The molecule has 0 heterocycles. The number of thioether (sulfide) groups is 1. The minimum absolute atomic E-state index is 0.0134. The van der Waals surface area contributed by atoms with Crippen molar-refractivity contribution in [3.8, 4) is 0 Å². The van der Waals surface area contributed by atoms with Crippen LogP contribution in [0.4, 0.5) is 0 Å². The monoisotopic (exact) mass is 351 g/mol. The Morgan fingerprint density at radius 1 is 1.08 bits per heavy atom. The van der Waals surface area contributed by atoms with Gasteiger partial charge in [-0.3, -0.25) is 14.4 Å². The van der Waals surface area contributed by atoms with Crippen molar-refractivity contribution < 1.29 is 14.4 Å². The van der Waals surface area contributed by atoms with Gasteiger partial charge >= 0.3 is 0 Å². The maximum Gasteiger partial charge on any atom is 0.251 e. The second-order valence-electron chi connectivity index (χ2n) is 5.61. The van der Waals surface area contributed by atoms with Gasteiger partial charge in [-0.25, -0.2) is 0 Å². The maximum absolute atomic E-state index is 12.3. The summed E-state index contributed by atoms with van der Waals surface area (Å²) in [6.45, 7) is 3.59. The van der Waals surface area contributed by atoms with Crippen molar-refractivity contribution >= 4 is 29.5 Å². The molecule has 1 atom stereocenters. The highest BCUT2D eigenvalue weighted by Crippen LogP contribution is 2.04. The van der Waals surface area contributed by atoms with E-state index in [1.54, 1.807) is 36.0 Å². The summed E-state index contributed by atoms with van der Waals surface area (Å²) in [7, 11) is 0. The average molecular weight is 351 g/mol. The molecule has 0 aliphatic heterocycles. The molecule has 1 aromatic carbocycles. The van der Waals surface area contributed by atoms with Crippen LogP contribution in [0.1, 0.15) is 30.6 Å². The van der Waals surface area contributed by atoms with Crippen LogP contribution in [0.2, 0.25) is 0 Å². The van der Waals surface area contributed by atoms with Gasteiger partial charge in [-0.05, 0) is 44.4 Å². The molecule has 24 heavy (non-hydrogen) atoms. The molecule has 0 fully saturated rings. The van der Waals surface area contributed by atoms with Crippen molar-refractivity contribution in [1.29, 1.82) is 0 Å². The number of carbonyl (C=O) groups is 3. The first-order valence-electron chi connectivity index (χ1n) is 7.86. The first kappa shape index (κ1) is 20.0. The SMILES string of the molecule is CSCC[C@@H](NC(=O)c1ccccc1)C(=O)NCC(=O)NC(C)C. The van der Waals surface area contributed by atoms with Crippen molar-refractivity contribution in [3.05, 3.63) is 35.9 Å². The molecule has 6 nitrogen and oxygen atoms in total. The highest BCUT2D eigenvalue weighted by molar-refractivity contribution is 7.98. The van der Waals surface area contributed by atoms with Crippen LogP contribution in [0.5, 0.6) is 0 Å². The Labute approximate surface area is 147 Å². The van der Waals surface area contributed by atoms with Gasteiger partial charge in [0.05, 0.1) is 6.54 Å². The maximum atomic E-state index is 12.3. The van der Waals surface area contributed by atoms with Gasteiger partial charge in [0.1, 0.15) is 6.04 Å². The minimum atomic E-state index is -0.669. The van der Waals surface area contributed by atoms with Crippen LogP contribution in [0.3, 0.4) is 0 Å². The van der Waals surface area contributed by atoms with E-state index in [0.717, 1.165) is 5.75 Å². The van der Waals surface area contributed by atoms with Crippen LogP contribution >= 0.6 is 11.8 Å². The number of rotatable bonds is 9. The van der Waals surface area contributed by atoms with E-state index in [1.165, 1.54) is 0 Å². The van der Waals surface area contributed by atoms with Crippen molar-refractivity contribution in [2.24, 2.45) is 0 Å². The number of carbonyl (C=O) groups excluding carboxylic acids is 3. The molecule has 0 aliphatic carbocycles. The predicted molar refractivity (Wildman–Crippen MR) is 97.0 cm³/mol. The van der Waals surface area contributed by atoms with E-state index >= 15 is 0 Å². The number of hydrogen-bond acceptors (Lipinski definition) is 4. The summed E-state index contributed by atoms with van der Waals surface area (Å²) in [6, 6.07) is 8.08. The van der Waals surface area contributed by atoms with Gasteiger partial charge in [0.25, 0.3) is 5.91 Å². The van der Waals surface area contributed by atoms with Gasteiger partial charge in [-0.1, -0.05) is 18.2 Å². The summed E-state index contributed by atoms with van der Waals surface area (Å²) in [5.41, 5.74) is 0.497. The molecule has 0 bridgehead atoms. The van der Waals surface area contributed by atoms with Gasteiger partial charge in [0, 0.05) is 11.6 Å². The Bertz CT molecular complexity index is 549. The van der Waals surface area contributed by atoms with E-state index in [1.807, 2.05) is 26.2 Å². The number of nitrogens with one attached hydrogen (secondary N) is 3. The predicted octanol–water partition coefficient (Wildman–Crippen LogP) is 1.18. The van der Waals surface area contributed by atoms with Crippen LogP contribution in [0.15, 0.2) is 30.3 Å². The van der Waals surface area contributed by atoms with Crippen LogP contribution in [-0.2, 0) is 9.59 Å². The summed E-state index contributed by atoms with van der Waals surface area (Å²) >= 11 is 1.59. The zero-order chi connectivity index (χ0) is 17.9.